The maximum atomic E-state index is 12.3. The number of benzene rings is 1. The number of hydrogen-bond donors (Lipinski definition) is 3. The lowest BCUT2D eigenvalue weighted by atomic mass is 9.79. The lowest BCUT2D eigenvalue weighted by molar-refractivity contribution is -0.113. The van der Waals surface area contributed by atoms with E-state index in [9.17, 15) is 9.59 Å². The fraction of sp³-hybridized carbons (Fsp3) is 0.526. The highest BCUT2D eigenvalue weighted by atomic mass is 16.1. The van der Waals surface area contributed by atoms with E-state index < -0.39 is 5.54 Å². The normalized spacial score (nSPS) is 18.2. The van der Waals surface area contributed by atoms with Gasteiger partial charge in [-0.2, -0.15) is 0 Å². The summed E-state index contributed by atoms with van der Waals surface area (Å²) in [5, 5.41) is 5.90. The first-order valence-electron chi connectivity index (χ1n) is 8.88. The van der Waals surface area contributed by atoms with E-state index in [1.807, 2.05) is 18.2 Å². The second-order valence-corrected chi connectivity index (χ2v) is 6.76. The molecule has 1 saturated carbocycles. The zero-order valence-corrected chi connectivity index (χ0v) is 14.8. The Hall–Kier alpha value is -2.37. The second kappa shape index (κ2) is 9.20. The summed E-state index contributed by atoms with van der Waals surface area (Å²) in [6, 6.07) is 8.96. The number of guanidine groups is 1. The van der Waals surface area contributed by atoms with Crippen LogP contribution in [0.3, 0.4) is 0 Å². The number of carbonyl (C=O) groups is 2. The highest BCUT2D eigenvalue weighted by Crippen LogP contribution is 2.30. The molecule has 0 aliphatic heterocycles. The third kappa shape index (κ3) is 5.59. The van der Waals surface area contributed by atoms with Crippen LogP contribution in [0.2, 0.25) is 0 Å². The van der Waals surface area contributed by atoms with E-state index in [0.29, 0.717) is 17.9 Å². The van der Waals surface area contributed by atoms with Crippen LogP contribution in [0, 0.1) is 5.92 Å². The van der Waals surface area contributed by atoms with Gasteiger partial charge in [0.1, 0.15) is 11.8 Å². The zero-order valence-electron chi connectivity index (χ0n) is 14.8. The maximum Gasteiger partial charge on any atom is 0.251 e. The number of amides is 1. The molecule has 0 spiro atoms. The van der Waals surface area contributed by atoms with E-state index in [2.05, 4.69) is 15.6 Å². The number of aliphatic imine (C=N–C) groups is 1. The van der Waals surface area contributed by atoms with Crippen LogP contribution in [0.1, 0.15) is 48.9 Å². The number of hydrogen-bond acceptors (Lipinski definition) is 3. The lowest BCUT2D eigenvalue weighted by Crippen LogP contribution is -2.59. The summed E-state index contributed by atoms with van der Waals surface area (Å²) in [4.78, 5) is 28.2. The molecule has 136 valence electrons. The average Bonchev–Trinajstić information content (AvgIpc) is 2.67. The molecule has 1 unspecified atom stereocenters. The van der Waals surface area contributed by atoms with Crippen molar-refractivity contribution in [1.29, 1.82) is 0 Å². The minimum absolute atomic E-state index is 0.178. The Labute approximate surface area is 149 Å². The largest absolute Gasteiger partial charge is 0.370 e. The molecule has 6 nitrogen and oxygen atoms in total. The Morgan fingerprint density at radius 2 is 1.96 bits per heavy atom. The molecule has 6 heteroatoms. The van der Waals surface area contributed by atoms with Crippen LogP contribution >= 0.6 is 0 Å². The number of nitrogens with two attached hydrogens (primary N) is 1. The Balaban J connectivity index is 2.09. The molecular weight excluding hydrogens is 316 g/mol. The van der Waals surface area contributed by atoms with Crippen LogP contribution in [-0.4, -0.2) is 37.3 Å². The van der Waals surface area contributed by atoms with Gasteiger partial charge in [0.15, 0.2) is 5.96 Å². The van der Waals surface area contributed by atoms with E-state index in [-0.39, 0.29) is 18.4 Å². The van der Waals surface area contributed by atoms with Gasteiger partial charge in [-0.1, -0.05) is 50.3 Å². The number of nitrogens with zero attached hydrogens (tertiary/aromatic N) is 1. The molecule has 1 aliphatic carbocycles. The Bertz CT molecular complexity index is 597. The molecule has 0 radical (unpaired) electrons. The van der Waals surface area contributed by atoms with Gasteiger partial charge in [-0.3, -0.25) is 9.79 Å². The molecule has 4 N–H and O–H groups in total. The van der Waals surface area contributed by atoms with Crippen molar-refractivity contribution in [1.82, 2.24) is 10.6 Å². The van der Waals surface area contributed by atoms with E-state index in [0.717, 1.165) is 19.1 Å². The van der Waals surface area contributed by atoms with E-state index in [1.54, 1.807) is 19.2 Å². The van der Waals surface area contributed by atoms with Crippen molar-refractivity contribution < 1.29 is 9.59 Å². The van der Waals surface area contributed by atoms with Crippen LogP contribution in [0.5, 0.6) is 0 Å². The quantitative estimate of drug-likeness (QED) is 0.399. The summed E-state index contributed by atoms with van der Waals surface area (Å²) in [6.07, 6.45) is 7.34. The summed E-state index contributed by atoms with van der Waals surface area (Å²) in [7, 11) is 1.57. The van der Waals surface area contributed by atoms with Gasteiger partial charge in [0, 0.05) is 19.2 Å². The summed E-state index contributed by atoms with van der Waals surface area (Å²) in [5.74, 6) is 0.450. The van der Waals surface area contributed by atoms with Gasteiger partial charge in [0.2, 0.25) is 0 Å². The summed E-state index contributed by atoms with van der Waals surface area (Å²) in [6.45, 7) is 0.178. The maximum absolute atomic E-state index is 12.3. The van der Waals surface area contributed by atoms with Crippen LogP contribution in [0.25, 0.3) is 0 Å². The predicted molar refractivity (Wildman–Crippen MR) is 99.4 cm³/mol. The van der Waals surface area contributed by atoms with Crippen LogP contribution in [-0.2, 0) is 4.79 Å². The van der Waals surface area contributed by atoms with Gasteiger partial charge in [-0.05, 0) is 24.5 Å². The number of rotatable bonds is 7. The molecular formula is C19H28N4O2. The standard InChI is InChI=1S/C19H28N4O2/c1-21-18(20)23-19(14-24,12-15-8-4-2-5-9-15)13-22-17(25)16-10-6-3-7-11-16/h3,6-7,10-11,14-15H,2,4-5,8-9,12-13H2,1H3,(H,22,25)(H3,20,21,23). The monoisotopic (exact) mass is 344 g/mol. The molecule has 25 heavy (non-hydrogen) atoms. The van der Waals surface area contributed by atoms with Gasteiger partial charge in [-0.25, -0.2) is 0 Å². The van der Waals surface area contributed by atoms with Crippen LogP contribution in [0.4, 0.5) is 0 Å². The molecule has 1 atom stereocenters. The Kier molecular flexibility index (Phi) is 6.98. The van der Waals surface area contributed by atoms with Crippen molar-refractivity contribution in [3.05, 3.63) is 35.9 Å². The van der Waals surface area contributed by atoms with Gasteiger partial charge in [-0.15, -0.1) is 0 Å². The molecule has 1 aromatic carbocycles. The molecule has 1 aliphatic rings. The SMILES string of the molecule is CN=C(N)NC(C=O)(CNC(=O)c1ccccc1)CC1CCCCC1. The number of aldehydes is 1. The van der Waals surface area contributed by atoms with Gasteiger partial charge in [0.05, 0.1) is 0 Å². The van der Waals surface area contributed by atoms with Crippen molar-refractivity contribution in [2.75, 3.05) is 13.6 Å². The Morgan fingerprint density at radius 1 is 1.28 bits per heavy atom. The molecule has 1 aromatic rings. The van der Waals surface area contributed by atoms with Gasteiger partial charge >= 0.3 is 0 Å². The number of nitrogens with one attached hydrogen (secondary N) is 2. The molecule has 1 fully saturated rings. The minimum atomic E-state index is -0.934. The predicted octanol–water partition coefficient (Wildman–Crippen LogP) is 1.86. The van der Waals surface area contributed by atoms with E-state index >= 15 is 0 Å². The van der Waals surface area contributed by atoms with Gasteiger partial charge < -0.3 is 21.2 Å². The van der Waals surface area contributed by atoms with Crippen molar-refractivity contribution in [3.8, 4) is 0 Å². The fourth-order valence-corrected chi connectivity index (χ4v) is 3.43. The van der Waals surface area contributed by atoms with Crippen molar-refractivity contribution in [2.24, 2.45) is 16.6 Å². The smallest absolute Gasteiger partial charge is 0.251 e. The Morgan fingerprint density at radius 3 is 2.56 bits per heavy atom. The van der Waals surface area contributed by atoms with Gasteiger partial charge in [0.25, 0.3) is 5.91 Å². The highest BCUT2D eigenvalue weighted by molar-refractivity contribution is 5.94. The average molecular weight is 344 g/mol. The third-order valence-corrected chi connectivity index (χ3v) is 4.82. The van der Waals surface area contributed by atoms with E-state index in [4.69, 9.17) is 5.73 Å². The second-order valence-electron chi connectivity index (χ2n) is 6.76. The van der Waals surface area contributed by atoms with Crippen LogP contribution in [0.15, 0.2) is 35.3 Å². The highest BCUT2D eigenvalue weighted by Gasteiger charge is 2.34. The van der Waals surface area contributed by atoms with Crippen molar-refractivity contribution in [2.45, 2.75) is 44.1 Å². The minimum Gasteiger partial charge on any atom is -0.370 e. The molecule has 0 heterocycles. The first-order chi connectivity index (χ1) is 12.1. The molecule has 1 amide bonds. The summed E-state index contributed by atoms with van der Waals surface area (Å²) < 4.78 is 0. The van der Waals surface area contributed by atoms with Crippen molar-refractivity contribution in [3.63, 3.8) is 0 Å². The number of carbonyl (C=O) groups excluding carboxylic acids is 2. The topological polar surface area (TPSA) is 96.6 Å². The molecule has 0 aromatic heterocycles. The lowest BCUT2D eigenvalue weighted by Gasteiger charge is -2.35. The third-order valence-electron chi connectivity index (χ3n) is 4.82. The van der Waals surface area contributed by atoms with Crippen molar-refractivity contribution >= 4 is 18.2 Å². The molecule has 0 bridgehead atoms. The van der Waals surface area contributed by atoms with Crippen LogP contribution < -0.4 is 16.4 Å². The first-order valence-corrected chi connectivity index (χ1v) is 8.88. The van der Waals surface area contributed by atoms with E-state index in [1.165, 1.54) is 19.3 Å². The molecule has 2 rings (SSSR count). The summed E-state index contributed by atoms with van der Waals surface area (Å²) >= 11 is 0. The summed E-state index contributed by atoms with van der Waals surface area (Å²) in [5.41, 5.74) is 5.46. The fourth-order valence-electron chi connectivity index (χ4n) is 3.43. The first kappa shape index (κ1) is 19.0. The zero-order chi connectivity index (χ0) is 18.1. The molecule has 0 saturated heterocycles.